The summed E-state index contributed by atoms with van der Waals surface area (Å²) in [5, 5.41) is 9.32. The second kappa shape index (κ2) is 9.58. The van der Waals surface area contributed by atoms with Crippen molar-refractivity contribution in [2.45, 2.75) is 39.5 Å². The Labute approximate surface area is 149 Å². The van der Waals surface area contributed by atoms with Crippen molar-refractivity contribution in [1.82, 2.24) is 4.98 Å². The van der Waals surface area contributed by atoms with Crippen LogP contribution in [0.3, 0.4) is 0 Å². The van der Waals surface area contributed by atoms with Gasteiger partial charge in [-0.1, -0.05) is 62.2 Å². The van der Waals surface area contributed by atoms with E-state index in [1.54, 1.807) is 30.5 Å². The SMILES string of the molecule is C/C=C/C=C(/C(=O)O)c1ccc(-c2ccc(CCCCC)cc2)cn1. The molecule has 0 aliphatic heterocycles. The van der Waals surface area contributed by atoms with Crippen LogP contribution in [0.1, 0.15) is 44.4 Å². The van der Waals surface area contributed by atoms with Crippen LogP contribution in [0.25, 0.3) is 16.7 Å². The van der Waals surface area contributed by atoms with Crippen LogP contribution in [0.2, 0.25) is 0 Å². The molecule has 0 atom stereocenters. The van der Waals surface area contributed by atoms with Crippen molar-refractivity contribution in [1.29, 1.82) is 0 Å². The highest BCUT2D eigenvalue weighted by atomic mass is 16.4. The summed E-state index contributed by atoms with van der Waals surface area (Å²) in [6, 6.07) is 12.2. The molecule has 0 unspecified atom stereocenters. The molecule has 25 heavy (non-hydrogen) atoms. The lowest BCUT2D eigenvalue weighted by Gasteiger charge is -2.06. The van der Waals surface area contributed by atoms with Crippen LogP contribution in [0.15, 0.2) is 60.8 Å². The zero-order valence-corrected chi connectivity index (χ0v) is 14.9. The zero-order valence-electron chi connectivity index (χ0n) is 14.9. The van der Waals surface area contributed by atoms with Crippen LogP contribution >= 0.6 is 0 Å². The summed E-state index contributed by atoms with van der Waals surface area (Å²) in [4.78, 5) is 15.7. The van der Waals surface area contributed by atoms with Gasteiger partial charge < -0.3 is 5.11 Å². The number of carboxylic acid groups (broad SMARTS) is 1. The average Bonchev–Trinajstić information content (AvgIpc) is 2.63. The minimum absolute atomic E-state index is 0.191. The van der Waals surface area contributed by atoms with E-state index in [0.717, 1.165) is 17.5 Å². The van der Waals surface area contributed by atoms with Gasteiger partial charge >= 0.3 is 5.97 Å². The third-order valence-corrected chi connectivity index (χ3v) is 4.08. The number of carboxylic acids is 1. The van der Waals surface area contributed by atoms with E-state index in [1.165, 1.54) is 24.8 Å². The molecular formula is C22H25NO2. The van der Waals surface area contributed by atoms with Crippen molar-refractivity contribution >= 4 is 11.5 Å². The molecule has 0 aliphatic rings. The summed E-state index contributed by atoms with van der Waals surface area (Å²) in [7, 11) is 0. The number of aliphatic carboxylic acids is 1. The molecule has 1 N–H and O–H groups in total. The maximum Gasteiger partial charge on any atom is 0.337 e. The van der Waals surface area contributed by atoms with Gasteiger partial charge in [-0.05, 0) is 43.0 Å². The average molecular weight is 335 g/mol. The Kier molecular flexibility index (Phi) is 7.15. The van der Waals surface area contributed by atoms with Crippen LogP contribution < -0.4 is 0 Å². The van der Waals surface area contributed by atoms with Crippen LogP contribution in [0, 0.1) is 0 Å². The molecule has 2 aromatic rings. The van der Waals surface area contributed by atoms with Gasteiger partial charge in [0.15, 0.2) is 0 Å². The van der Waals surface area contributed by atoms with Crippen molar-refractivity contribution in [2.75, 3.05) is 0 Å². The second-order valence-electron chi connectivity index (χ2n) is 6.00. The van der Waals surface area contributed by atoms with Gasteiger partial charge in [-0.3, -0.25) is 4.98 Å². The second-order valence-corrected chi connectivity index (χ2v) is 6.00. The number of pyridine rings is 1. The third-order valence-electron chi connectivity index (χ3n) is 4.08. The maximum absolute atomic E-state index is 11.4. The fraction of sp³-hybridized carbons (Fsp3) is 0.273. The number of benzene rings is 1. The Morgan fingerprint density at radius 3 is 2.36 bits per heavy atom. The fourth-order valence-electron chi connectivity index (χ4n) is 2.63. The number of hydrogen-bond donors (Lipinski definition) is 1. The van der Waals surface area contributed by atoms with Crippen molar-refractivity contribution in [2.24, 2.45) is 0 Å². The first-order valence-corrected chi connectivity index (χ1v) is 8.77. The van der Waals surface area contributed by atoms with E-state index in [-0.39, 0.29) is 5.57 Å². The van der Waals surface area contributed by atoms with Gasteiger partial charge in [-0.2, -0.15) is 0 Å². The number of rotatable bonds is 8. The maximum atomic E-state index is 11.4. The molecule has 3 heteroatoms. The first-order chi connectivity index (χ1) is 12.2. The number of aryl methyl sites for hydroxylation is 1. The Bertz CT molecular complexity index is 741. The van der Waals surface area contributed by atoms with Crippen LogP contribution in [-0.4, -0.2) is 16.1 Å². The molecule has 130 valence electrons. The number of allylic oxidation sites excluding steroid dienone is 3. The van der Waals surface area contributed by atoms with Crippen molar-refractivity contribution in [3.05, 3.63) is 72.1 Å². The van der Waals surface area contributed by atoms with E-state index >= 15 is 0 Å². The number of carbonyl (C=O) groups is 1. The first-order valence-electron chi connectivity index (χ1n) is 8.77. The summed E-state index contributed by atoms with van der Waals surface area (Å²) in [5.74, 6) is -0.977. The molecule has 1 heterocycles. The monoisotopic (exact) mass is 335 g/mol. The molecule has 2 rings (SSSR count). The highest BCUT2D eigenvalue weighted by Gasteiger charge is 2.11. The molecule has 1 aromatic heterocycles. The zero-order chi connectivity index (χ0) is 18.1. The molecule has 0 amide bonds. The highest BCUT2D eigenvalue weighted by molar-refractivity contribution is 6.15. The van der Waals surface area contributed by atoms with Crippen molar-refractivity contribution < 1.29 is 9.90 Å². The largest absolute Gasteiger partial charge is 0.478 e. The van der Waals surface area contributed by atoms with E-state index in [1.807, 2.05) is 13.0 Å². The summed E-state index contributed by atoms with van der Waals surface area (Å²) >= 11 is 0. The molecule has 1 aromatic carbocycles. The molecule has 0 saturated carbocycles. The van der Waals surface area contributed by atoms with Gasteiger partial charge in [0.05, 0.1) is 11.3 Å². The number of hydrogen-bond acceptors (Lipinski definition) is 2. The van der Waals surface area contributed by atoms with Crippen LogP contribution in [0.4, 0.5) is 0 Å². The molecule has 0 aliphatic carbocycles. The van der Waals surface area contributed by atoms with E-state index < -0.39 is 5.97 Å². The third kappa shape index (κ3) is 5.42. The van der Waals surface area contributed by atoms with Gasteiger partial charge in [-0.15, -0.1) is 0 Å². The normalized spacial score (nSPS) is 11.8. The Morgan fingerprint density at radius 1 is 1.08 bits per heavy atom. The Balaban J connectivity index is 2.15. The summed E-state index contributed by atoms with van der Waals surface area (Å²) < 4.78 is 0. The van der Waals surface area contributed by atoms with Gasteiger partial charge in [-0.25, -0.2) is 4.79 Å². The summed E-state index contributed by atoms with van der Waals surface area (Å²) in [6.45, 7) is 4.06. The van der Waals surface area contributed by atoms with Crippen molar-refractivity contribution in [3.63, 3.8) is 0 Å². The van der Waals surface area contributed by atoms with E-state index in [4.69, 9.17) is 0 Å². The molecule has 0 fully saturated rings. The van der Waals surface area contributed by atoms with Gasteiger partial charge in [0.25, 0.3) is 0 Å². The lowest BCUT2D eigenvalue weighted by Crippen LogP contribution is -2.01. The standard InChI is InChI=1S/C22H25NO2/c1-3-5-7-8-17-10-12-18(13-11-17)19-14-15-21(23-16-19)20(22(24)25)9-6-4-2/h4,6,9-16H,3,5,7-8H2,1-2H3,(H,24,25)/b6-4+,20-9+. The number of aromatic nitrogens is 1. The minimum atomic E-state index is -0.977. The molecule has 0 radical (unpaired) electrons. The number of unbranched alkanes of at least 4 members (excludes halogenated alkanes) is 2. The topological polar surface area (TPSA) is 50.2 Å². The van der Waals surface area contributed by atoms with Crippen LogP contribution in [0.5, 0.6) is 0 Å². The minimum Gasteiger partial charge on any atom is -0.478 e. The Hall–Kier alpha value is -2.68. The molecule has 0 spiro atoms. The summed E-state index contributed by atoms with van der Waals surface area (Å²) in [6.07, 6.45) is 11.6. The van der Waals surface area contributed by atoms with Gasteiger partial charge in [0.1, 0.15) is 0 Å². The lowest BCUT2D eigenvalue weighted by molar-refractivity contribution is -0.130. The van der Waals surface area contributed by atoms with Crippen molar-refractivity contribution in [3.8, 4) is 11.1 Å². The fourth-order valence-corrected chi connectivity index (χ4v) is 2.63. The first kappa shape index (κ1) is 18.7. The predicted molar refractivity (Wildman–Crippen MR) is 103 cm³/mol. The van der Waals surface area contributed by atoms with E-state index in [0.29, 0.717) is 5.69 Å². The van der Waals surface area contributed by atoms with Gasteiger partial charge in [0.2, 0.25) is 0 Å². The summed E-state index contributed by atoms with van der Waals surface area (Å²) in [5.41, 5.74) is 4.08. The van der Waals surface area contributed by atoms with Gasteiger partial charge in [0, 0.05) is 11.8 Å². The smallest absolute Gasteiger partial charge is 0.337 e. The lowest BCUT2D eigenvalue weighted by atomic mass is 10.0. The quantitative estimate of drug-likeness (QED) is 0.392. The molecular weight excluding hydrogens is 310 g/mol. The predicted octanol–water partition coefficient (Wildman–Crippen LogP) is 5.53. The molecule has 0 saturated heterocycles. The van der Waals surface area contributed by atoms with E-state index in [9.17, 15) is 9.90 Å². The highest BCUT2D eigenvalue weighted by Crippen LogP contribution is 2.22. The molecule has 3 nitrogen and oxygen atoms in total. The van der Waals surface area contributed by atoms with Crippen LogP contribution in [-0.2, 0) is 11.2 Å². The molecule has 0 bridgehead atoms. The Morgan fingerprint density at radius 2 is 1.80 bits per heavy atom. The van der Waals surface area contributed by atoms with E-state index in [2.05, 4.69) is 36.2 Å². The number of nitrogens with zero attached hydrogens (tertiary/aromatic N) is 1.